The fraction of sp³-hybridized carbons (Fsp3) is 0.462. The van der Waals surface area contributed by atoms with Gasteiger partial charge in [-0.25, -0.2) is 18.1 Å². The Hall–Kier alpha value is -1.11. The standard InChI is InChI=1S/C13H18ClN3O2S/c1-10-5-3-6-11-13(10)17(12(9-14)16-11)8-4-7-15-20(2,18)19/h3,5-6,15H,4,7-9H2,1-2H3. The van der Waals surface area contributed by atoms with Gasteiger partial charge in [0, 0.05) is 13.1 Å². The summed E-state index contributed by atoms with van der Waals surface area (Å²) in [4.78, 5) is 4.51. The molecule has 1 aromatic carbocycles. The van der Waals surface area contributed by atoms with E-state index in [-0.39, 0.29) is 0 Å². The highest BCUT2D eigenvalue weighted by molar-refractivity contribution is 7.88. The minimum Gasteiger partial charge on any atom is -0.327 e. The molecule has 7 heteroatoms. The summed E-state index contributed by atoms with van der Waals surface area (Å²) in [7, 11) is -3.13. The Kier molecular flexibility index (Phi) is 4.67. The molecule has 5 nitrogen and oxygen atoms in total. The summed E-state index contributed by atoms with van der Waals surface area (Å²) < 4.78 is 26.6. The van der Waals surface area contributed by atoms with E-state index >= 15 is 0 Å². The molecule has 0 aliphatic carbocycles. The minimum atomic E-state index is -3.13. The fourth-order valence-corrected chi connectivity index (χ4v) is 2.97. The van der Waals surface area contributed by atoms with Gasteiger partial charge in [0.25, 0.3) is 0 Å². The molecule has 1 heterocycles. The molecular formula is C13H18ClN3O2S. The van der Waals surface area contributed by atoms with Crippen molar-refractivity contribution in [3.05, 3.63) is 29.6 Å². The lowest BCUT2D eigenvalue weighted by molar-refractivity contribution is 0.575. The van der Waals surface area contributed by atoms with Gasteiger partial charge in [-0.1, -0.05) is 12.1 Å². The van der Waals surface area contributed by atoms with Crippen molar-refractivity contribution >= 4 is 32.7 Å². The van der Waals surface area contributed by atoms with Crippen molar-refractivity contribution in [1.82, 2.24) is 14.3 Å². The van der Waals surface area contributed by atoms with Crippen LogP contribution >= 0.6 is 11.6 Å². The molecule has 0 bridgehead atoms. The zero-order chi connectivity index (χ0) is 14.8. The van der Waals surface area contributed by atoms with Gasteiger partial charge >= 0.3 is 0 Å². The van der Waals surface area contributed by atoms with Crippen molar-refractivity contribution in [2.45, 2.75) is 25.8 Å². The van der Waals surface area contributed by atoms with E-state index in [0.29, 0.717) is 25.4 Å². The van der Waals surface area contributed by atoms with Crippen LogP contribution in [-0.4, -0.2) is 30.8 Å². The van der Waals surface area contributed by atoms with Crippen LogP contribution < -0.4 is 4.72 Å². The van der Waals surface area contributed by atoms with Crippen molar-refractivity contribution in [2.75, 3.05) is 12.8 Å². The first-order valence-corrected chi connectivity index (χ1v) is 8.80. The Balaban J connectivity index is 2.20. The van der Waals surface area contributed by atoms with E-state index in [2.05, 4.69) is 14.3 Å². The molecule has 1 N–H and O–H groups in total. The van der Waals surface area contributed by atoms with Crippen LogP contribution in [0.15, 0.2) is 18.2 Å². The third-order valence-electron chi connectivity index (χ3n) is 3.09. The zero-order valence-corrected chi connectivity index (χ0v) is 13.1. The number of para-hydroxylation sites is 1. The predicted molar refractivity (Wildman–Crippen MR) is 81.5 cm³/mol. The topological polar surface area (TPSA) is 64.0 Å². The fourth-order valence-electron chi connectivity index (χ4n) is 2.25. The highest BCUT2D eigenvalue weighted by atomic mass is 35.5. The summed E-state index contributed by atoms with van der Waals surface area (Å²) in [6.45, 7) is 3.13. The van der Waals surface area contributed by atoms with Gasteiger partial charge in [0.05, 0.1) is 23.2 Å². The van der Waals surface area contributed by atoms with E-state index in [1.165, 1.54) is 0 Å². The van der Waals surface area contributed by atoms with Crippen molar-refractivity contribution < 1.29 is 8.42 Å². The number of hydrogen-bond donors (Lipinski definition) is 1. The van der Waals surface area contributed by atoms with Gasteiger partial charge < -0.3 is 4.57 Å². The number of alkyl halides is 1. The van der Waals surface area contributed by atoms with E-state index in [1.807, 2.05) is 25.1 Å². The Labute approximate surface area is 124 Å². The summed E-state index contributed by atoms with van der Waals surface area (Å²) >= 11 is 5.95. The number of sulfonamides is 1. The monoisotopic (exact) mass is 315 g/mol. The van der Waals surface area contributed by atoms with Crippen LogP contribution in [0, 0.1) is 6.92 Å². The maximum absolute atomic E-state index is 11.0. The smallest absolute Gasteiger partial charge is 0.208 e. The number of rotatable bonds is 6. The molecule has 0 amide bonds. The van der Waals surface area contributed by atoms with Crippen molar-refractivity contribution in [2.24, 2.45) is 0 Å². The van der Waals surface area contributed by atoms with E-state index in [9.17, 15) is 8.42 Å². The number of aryl methyl sites for hydroxylation is 2. The van der Waals surface area contributed by atoms with Crippen LogP contribution in [0.3, 0.4) is 0 Å². The zero-order valence-electron chi connectivity index (χ0n) is 11.6. The Morgan fingerprint density at radius 1 is 1.40 bits per heavy atom. The number of nitrogens with zero attached hydrogens (tertiary/aromatic N) is 2. The second kappa shape index (κ2) is 6.11. The highest BCUT2D eigenvalue weighted by Gasteiger charge is 2.11. The molecule has 110 valence electrons. The molecule has 0 aliphatic rings. The molecule has 2 rings (SSSR count). The van der Waals surface area contributed by atoms with Crippen molar-refractivity contribution in [1.29, 1.82) is 0 Å². The van der Waals surface area contributed by atoms with Crippen LogP contribution in [-0.2, 0) is 22.4 Å². The second-order valence-electron chi connectivity index (χ2n) is 4.78. The van der Waals surface area contributed by atoms with E-state index in [4.69, 9.17) is 11.6 Å². The van der Waals surface area contributed by atoms with Gasteiger partial charge in [-0.05, 0) is 25.0 Å². The van der Waals surface area contributed by atoms with E-state index in [1.54, 1.807) is 0 Å². The van der Waals surface area contributed by atoms with Crippen molar-refractivity contribution in [3.8, 4) is 0 Å². The number of hydrogen-bond acceptors (Lipinski definition) is 3. The van der Waals surface area contributed by atoms with Gasteiger partial charge in [0.15, 0.2) is 0 Å². The Morgan fingerprint density at radius 2 is 2.15 bits per heavy atom. The maximum Gasteiger partial charge on any atom is 0.208 e. The summed E-state index contributed by atoms with van der Waals surface area (Å²) in [5, 5.41) is 0. The summed E-state index contributed by atoms with van der Waals surface area (Å²) in [5.41, 5.74) is 3.14. The molecule has 0 aliphatic heterocycles. The highest BCUT2D eigenvalue weighted by Crippen LogP contribution is 2.21. The molecule has 1 aromatic heterocycles. The average Bonchev–Trinajstić information content (AvgIpc) is 2.73. The number of nitrogens with one attached hydrogen (secondary N) is 1. The number of halogens is 1. The summed E-state index contributed by atoms with van der Waals surface area (Å²) in [6, 6.07) is 5.97. The van der Waals surface area contributed by atoms with Crippen LogP contribution in [0.1, 0.15) is 17.8 Å². The molecular weight excluding hydrogens is 298 g/mol. The van der Waals surface area contributed by atoms with Crippen LogP contribution in [0.5, 0.6) is 0 Å². The van der Waals surface area contributed by atoms with Gasteiger partial charge in [-0.15, -0.1) is 11.6 Å². The molecule has 0 saturated heterocycles. The first kappa shape index (κ1) is 15.3. The van der Waals surface area contributed by atoms with E-state index < -0.39 is 10.0 Å². The van der Waals surface area contributed by atoms with Crippen LogP contribution in [0.25, 0.3) is 11.0 Å². The Morgan fingerprint density at radius 3 is 2.80 bits per heavy atom. The van der Waals surface area contributed by atoms with Crippen LogP contribution in [0.2, 0.25) is 0 Å². The first-order valence-electron chi connectivity index (χ1n) is 6.37. The molecule has 2 aromatic rings. The van der Waals surface area contributed by atoms with Gasteiger partial charge in [0.2, 0.25) is 10.0 Å². The Bertz CT molecular complexity index is 710. The molecule has 0 fully saturated rings. The summed E-state index contributed by atoms with van der Waals surface area (Å²) in [5.74, 6) is 1.16. The van der Waals surface area contributed by atoms with Crippen molar-refractivity contribution in [3.63, 3.8) is 0 Å². The predicted octanol–water partition coefficient (Wildman–Crippen LogP) is 2.02. The third kappa shape index (κ3) is 3.50. The maximum atomic E-state index is 11.0. The van der Waals surface area contributed by atoms with Crippen LogP contribution in [0.4, 0.5) is 0 Å². The SMILES string of the molecule is Cc1cccc2nc(CCl)n(CCCNS(C)(=O)=O)c12. The number of aromatic nitrogens is 2. The molecule has 0 radical (unpaired) electrons. The summed E-state index contributed by atoms with van der Waals surface area (Å²) in [6.07, 6.45) is 1.85. The third-order valence-corrected chi connectivity index (χ3v) is 4.06. The molecule has 0 unspecified atom stereocenters. The molecule has 0 atom stereocenters. The van der Waals surface area contributed by atoms with E-state index in [0.717, 1.165) is 28.7 Å². The van der Waals surface area contributed by atoms with Gasteiger partial charge in [-0.2, -0.15) is 0 Å². The second-order valence-corrected chi connectivity index (χ2v) is 6.88. The number of benzene rings is 1. The lowest BCUT2D eigenvalue weighted by Gasteiger charge is -2.09. The molecule has 20 heavy (non-hydrogen) atoms. The lowest BCUT2D eigenvalue weighted by Crippen LogP contribution is -2.24. The quantitative estimate of drug-likeness (QED) is 0.655. The molecule has 0 saturated carbocycles. The first-order chi connectivity index (χ1) is 9.42. The lowest BCUT2D eigenvalue weighted by atomic mass is 10.2. The van der Waals surface area contributed by atoms with Gasteiger partial charge in [0.1, 0.15) is 5.82 Å². The largest absolute Gasteiger partial charge is 0.327 e. The van der Waals surface area contributed by atoms with Gasteiger partial charge in [-0.3, -0.25) is 0 Å². The normalized spacial score (nSPS) is 12.2. The number of imidazole rings is 1. The minimum absolute atomic E-state index is 0.341. The average molecular weight is 316 g/mol. The number of fused-ring (bicyclic) bond motifs is 1. The molecule has 0 spiro atoms.